The predicted molar refractivity (Wildman–Crippen MR) is 82.2 cm³/mol. The minimum Gasteiger partial charge on any atom is -0.310 e. The zero-order valence-corrected chi connectivity index (χ0v) is 13.0. The topological polar surface area (TPSA) is 68.1 Å². The van der Waals surface area contributed by atoms with Gasteiger partial charge < -0.3 is 5.32 Å². The molecule has 1 aromatic rings. The van der Waals surface area contributed by atoms with E-state index in [-0.39, 0.29) is 10.6 Å². The fraction of sp³-hybridized carbons (Fsp3) is 0.643. The Hall–Kier alpha value is -1.14. The van der Waals surface area contributed by atoms with Crippen molar-refractivity contribution in [2.45, 2.75) is 44.4 Å². The first-order chi connectivity index (χ1) is 9.49. The first kappa shape index (κ1) is 15.3. The average Bonchev–Trinajstić information content (AvgIpc) is 2.35. The fourth-order valence-electron chi connectivity index (χ4n) is 2.66. The summed E-state index contributed by atoms with van der Waals surface area (Å²) in [6, 6.07) is 0. The number of nitrogens with one attached hydrogen (secondary N) is 1. The van der Waals surface area contributed by atoms with Crippen LogP contribution < -0.4 is 5.32 Å². The highest BCUT2D eigenvalue weighted by Gasteiger charge is 2.35. The van der Waals surface area contributed by atoms with Crippen LogP contribution in [-0.4, -0.2) is 27.5 Å². The van der Waals surface area contributed by atoms with Crippen LogP contribution in [-0.2, 0) is 6.54 Å². The van der Waals surface area contributed by atoms with Gasteiger partial charge in [0.05, 0.1) is 10.6 Å². The van der Waals surface area contributed by atoms with Crippen molar-refractivity contribution in [3.05, 3.63) is 33.1 Å². The van der Waals surface area contributed by atoms with Gasteiger partial charge in [-0.15, -0.1) is 0 Å². The molecule has 0 spiro atoms. The van der Waals surface area contributed by atoms with E-state index in [0.717, 1.165) is 12.2 Å². The number of thioether (sulfide) groups is 1. The molecule has 0 atom stereocenters. The summed E-state index contributed by atoms with van der Waals surface area (Å²) < 4.78 is 0.366. The van der Waals surface area contributed by atoms with Gasteiger partial charge in [-0.05, 0) is 32.9 Å². The molecule has 1 saturated carbocycles. The molecule has 1 fully saturated rings. The molecule has 0 aromatic carbocycles. The number of rotatable bonds is 6. The number of nitrogens with zero attached hydrogens (tertiary/aromatic N) is 2. The minimum atomic E-state index is -0.314. The van der Waals surface area contributed by atoms with Gasteiger partial charge in [-0.3, -0.25) is 15.1 Å². The number of aryl methyl sites for hydroxylation is 1. The first-order valence-electron chi connectivity index (χ1n) is 6.84. The third kappa shape index (κ3) is 2.96. The number of aromatic nitrogens is 1. The van der Waals surface area contributed by atoms with Crippen LogP contribution in [0.2, 0.25) is 0 Å². The lowest BCUT2D eigenvalue weighted by Crippen LogP contribution is -2.43. The van der Waals surface area contributed by atoms with Gasteiger partial charge in [0.15, 0.2) is 0 Å². The minimum absolute atomic E-state index is 0.194. The summed E-state index contributed by atoms with van der Waals surface area (Å²) in [5.74, 6) is 0. The Bertz CT molecular complexity index is 510. The normalized spacial score (nSPS) is 16.8. The molecule has 0 saturated heterocycles. The highest BCUT2D eigenvalue weighted by Crippen LogP contribution is 2.42. The maximum Gasteiger partial charge on any atom is 0.278 e. The second kappa shape index (κ2) is 6.10. The largest absolute Gasteiger partial charge is 0.310 e. The predicted octanol–water partition coefficient (Wildman–Crippen LogP) is 2.98. The van der Waals surface area contributed by atoms with Gasteiger partial charge in [0.2, 0.25) is 0 Å². The second-order valence-corrected chi connectivity index (χ2v) is 6.74. The Labute approximate surface area is 123 Å². The fourth-order valence-corrected chi connectivity index (χ4v) is 3.60. The van der Waals surface area contributed by atoms with Gasteiger partial charge in [0.25, 0.3) is 5.69 Å². The summed E-state index contributed by atoms with van der Waals surface area (Å²) in [5, 5.41) is 14.5. The molecule has 0 bridgehead atoms. The average molecular weight is 295 g/mol. The van der Waals surface area contributed by atoms with E-state index in [4.69, 9.17) is 0 Å². The Balaban J connectivity index is 2.03. The third-order valence-electron chi connectivity index (χ3n) is 4.20. The SMILES string of the molecule is CSC1(CNCc2ncc(C)c([N+](=O)[O-])c2C)CCC1. The first-order valence-corrected chi connectivity index (χ1v) is 8.07. The molecule has 0 aliphatic heterocycles. The van der Waals surface area contributed by atoms with Gasteiger partial charge in [-0.1, -0.05) is 6.42 Å². The van der Waals surface area contributed by atoms with E-state index >= 15 is 0 Å². The highest BCUT2D eigenvalue weighted by atomic mass is 32.2. The zero-order chi connectivity index (χ0) is 14.8. The maximum atomic E-state index is 11.1. The summed E-state index contributed by atoms with van der Waals surface area (Å²) in [6.07, 6.45) is 7.55. The Morgan fingerprint density at radius 3 is 2.70 bits per heavy atom. The van der Waals surface area contributed by atoms with Gasteiger partial charge in [-0.25, -0.2) is 0 Å². The molecule has 110 valence electrons. The van der Waals surface area contributed by atoms with Crippen LogP contribution in [0.5, 0.6) is 0 Å². The Morgan fingerprint density at radius 1 is 1.50 bits per heavy atom. The molecule has 1 aliphatic carbocycles. The molecular formula is C14H21N3O2S. The molecule has 1 aromatic heterocycles. The molecular weight excluding hydrogens is 274 g/mol. The number of hydrogen-bond donors (Lipinski definition) is 1. The van der Waals surface area contributed by atoms with E-state index in [1.165, 1.54) is 19.3 Å². The quantitative estimate of drug-likeness (QED) is 0.645. The number of nitro groups is 1. The van der Waals surface area contributed by atoms with Crippen LogP contribution in [0.25, 0.3) is 0 Å². The van der Waals surface area contributed by atoms with Crippen LogP contribution in [0.15, 0.2) is 6.20 Å². The standard InChI is InChI=1S/C14H21N3O2S/c1-10-7-16-12(11(2)13(10)17(18)19)8-15-9-14(20-3)5-4-6-14/h7,15H,4-6,8-9H2,1-3H3. The molecule has 1 N–H and O–H groups in total. The molecule has 0 radical (unpaired) electrons. The molecule has 5 nitrogen and oxygen atoms in total. The third-order valence-corrected chi connectivity index (χ3v) is 5.61. The van der Waals surface area contributed by atoms with E-state index in [2.05, 4.69) is 16.6 Å². The van der Waals surface area contributed by atoms with Crippen LogP contribution in [0.3, 0.4) is 0 Å². The van der Waals surface area contributed by atoms with Crippen LogP contribution >= 0.6 is 11.8 Å². The lowest BCUT2D eigenvalue weighted by atomic mass is 9.84. The van der Waals surface area contributed by atoms with Crippen molar-refractivity contribution in [1.82, 2.24) is 10.3 Å². The molecule has 20 heavy (non-hydrogen) atoms. The summed E-state index contributed by atoms with van der Waals surface area (Å²) in [7, 11) is 0. The smallest absolute Gasteiger partial charge is 0.278 e. The van der Waals surface area contributed by atoms with E-state index in [1.807, 2.05) is 11.8 Å². The Kier molecular flexibility index (Phi) is 4.65. The number of hydrogen-bond acceptors (Lipinski definition) is 5. The lowest BCUT2D eigenvalue weighted by Gasteiger charge is -2.40. The van der Waals surface area contributed by atoms with Crippen molar-refractivity contribution < 1.29 is 4.92 Å². The maximum absolute atomic E-state index is 11.1. The van der Waals surface area contributed by atoms with E-state index in [9.17, 15) is 10.1 Å². The second-order valence-electron chi connectivity index (χ2n) is 5.46. The number of pyridine rings is 1. The monoisotopic (exact) mass is 295 g/mol. The van der Waals surface area contributed by atoms with E-state index in [0.29, 0.717) is 22.4 Å². The van der Waals surface area contributed by atoms with Gasteiger partial charge in [-0.2, -0.15) is 11.8 Å². The molecule has 0 unspecified atom stereocenters. The molecule has 1 heterocycles. The Morgan fingerprint density at radius 2 is 2.20 bits per heavy atom. The summed E-state index contributed by atoms with van der Waals surface area (Å²) in [5.41, 5.74) is 2.27. The lowest BCUT2D eigenvalue weighted by molar-refractivity contribution is -0.386. The van der Waals surface area contributed by atoms with Gasteiger partial charge in [0, 0.05) is 35.2 Å². The van der Waals surface area contributed by atoms with E-state index < -0.39 is 0 Å². The van der Waals surface area contributed by atoms with Crippen molar-refractivity contribution >= 4 is 17.4 Å². The molecule has 1 aliphatic rings. The highest BCUT2D eigenvalue weighted by molar-refractivity contribution is 8.00. The van der Waals surface area contributed by atoms with E-state index in [1.54, 1.807) is 20.0 Å². The van der Waals surface area contributed by atoms with Crippen LogP contribution in [0, 0.1) is 24.0 Å². The summed E-state index contributed by atoms with van der Waals surface area (Å²) in [4.78, 5) is 15.1. The van der Waals surface area contributed by atoms with Crippen LogP contribution in [0.4, 0.5) is 5.69 Å². The van der Waals surface area contributed by atoms with Crippen molar-refractivity contribution in [2.24, 2.45) is 0 Å². The van der Waals surface area contributed by atoms with Gasteiger partial charge in [0.1, 0.15) is 0 Å². The van der Waals surface area contributed by atoms with Crippen molar-refractivity contribution in [2.75, 3.05) is 12.8 Å². The van der Waals surface area contributed by atoms with Crippen molar-refractivity contribution in [3.8, 4) is 0 Å². The zero-order valence-electron chi connectivity index (χ0n) is 12.2. The molecule has 0 amide bonds. The van der Waals surface area contributed by atoms with Crippen molar-refractivity contribution in [3.63, 3.8) is 0 Å². The van der Waals surface area contributed by atoms with Crippen LogP contribution in [0.1, 0.15) is 36.1 Å². The van der Waals surface area contributed by atoms with Crippen molar-refractivity contribution in [1.29, 1.82) is 0 Å². The van der Waals surface area contributed by atoms with Gasteiger partial charge >= 0.3 is 0 Å². The molecule has 6 heteroatoms. The summed E-state index contributed by atoms with van der Waals surface area (Å²) in [6.45, 7) is 5.04. The summed E-state index contributed by atoms with van der Waals surface area (Å²) >= 11 is 1.92. The molecule has 2 rings (SSSR count).